The van der Waals surface area contributed by atoms with Crippen LogP contribution in [0.4, 0.5) is 4.79 Å². The van der Waals surface area contributed by atoms with Gasteiger partial charge >= 0.3 is 6.09 Å². The molecule has 0 spiro atoms. The molecule has 1 aliphatic heterocycles. The fraction of sp³-hybridized carbons (Fsp3) is 0.385. The maximum Gasteiger partial charge on any atom is 0.410 e. The predicted molar refractivity (Wildman–Crippen MR) is 75.1 cm³/mol. The van der Waals surface area contributed by atoms with Gasteiger partial charge in [0.05, 0.1) is 12.0 Å². The molecule has 4 nitrogen and oxygen atoms in total. The molecule has 1 amide bonds. The van der Waals surface area contributed by atoms with Crippen LogP contribution in [0, 0.1) is 17.2 Å². The Morgan fingerprint density at radius 2 is 2.17 bits per heavy atom. The molecule has 1 fully saturated rings. The normalized spacial score (nSPS) is 22.6. The van der Waals surface area contributed by atoms with E-state index in [-0.39, 0.29) is 22.5 Å². The third kappa shape index (κ3) is 3.13. The summed E-state index contributed by atoms with van der Waals surface area (Å²) in [4.78, 5) is 13.4. The second-order valence-corrected chi connectivity index (χ2v) is 5.80. The SMILES string of the molecule is N#CC1CN(C(=O)OCc2ccccc2)CC1I. The van der Waals surface area contributed by atoms with Crippen LogP contribution in [0.1, 0.15) is 5.56 Å². The molecule has 2 unspecified atom stereocenters. The average Bonchev–Trinajstić information content (AvgIpc) is 2.78. The van der Waals surface area contributed by atoms with Crippen LogP contribution < -0.4 is 0 Å². The number of carbonyl (C=O) groups excluding carboxylic acids is 1. The monoisotopic (exact) mass is 356 g/mol. The van der Waals surface area contributed by atoms with Gasteiger partial charge in [0.2, 0.25) is 0 Å². The molecule has 0 saturated carbocycles. The van der Waals surface area contributed by atoms with Gasteiger partial charge < -0.3 is 9.64 Å². The lowest BCUT2D eigenvalue weighted by Crippen LogP contribution is -2.29. The van der Waals surface area contributed by atoms with E-state index in [0.717, 1.165) is 5.56 Å². The minimum absolute atomic E-state index is 0.0881. The Balaban J connectivity index is 1.85. The molecule has 1 saturated heterocycles. The van der Waals surface area contributed by atoms with Crippen molar-refractivity contribution in [3.05, 3.63) is 35.9 Å². The molecule has 1 aliphatic rings. The molecule has 0 aromatic heterocycles. The lowest BCUT2D eigenvalue weighted by molar-refractivity contribution is 0.104. The zero-order valence-corrected chi connectivity index (χ0v) is 11.9. The topological polar surface area (TPSA) is 53.3 Å². The summed E-state index contributed by atoms with van der Waals surface area (Å²) >= 11 is 2.21. The fourth-order valence-electron chi connectivity index (χ4n) is 1.85. The second-order valence-electron chi connectivity index (χ2n) is 4.20. The minimum atomic E-state index is -0.335. The van der Waals surface area contributed by atoms with E-state index in [9.17, 15) is 4.79 Å². The minimum Gasteiger partial charge on any atom is -0.445 e. The first kappa shape index (κ1) is 13.1. The van der Waals surface area contributed by atoms with E-state index in [1.54, 1.807) is 4.90 Å². The molecule has 1 aromatic rings. The number of alkyl halides is 1. The molecule has 0 N–H and O–H groups in total. The summed E-state index contributed by atoms with van der Waals surface area (Å²) in [7, 11) is 0. The summed E-state index contributed by atoms with van der Waals surface area (Å²) in [5.41, 5.74) is 0.966. The van der Waals surface area contributed by atoms with Crippen molar-refractivity contribution in [1.29, 1.82) is 5.26 Å². The molecular weight excluding hydrogens is 343 g/mol. The zero-order chi connectivity index (χ0) is 13.0. The summed E-state index contributed by atoms with van der Waals surface area (Å²) in [5.74, 6) is -0.0881. The van der Waals surface area contributed by atoms with Gasteiger partial charge in [-0.2, -0.15) is 5.26 Å². The Labute approximate surface area is 120 Å². The maximum atomic E-state index is 11.8. The van der Waals surface area contributed by atoms with E-state index in [1.165, 1.54) is 0 Å². The van der Waals surface area contributed by atoms with Crippen LogP contribution in [0.15, 0.2) is 30.3 Å². The molecule has 2 atom stereocenters. The molecule has 2 rings (SSSR count). The average molecular weight is 356 g/mol. The highest BCUT2D eigenvalue weighted by molar-refractivity contribution is 14.1. The van der Waals surface area contributed by atoms with Crippen molar-refractivity contribution >= 4 is 28.7 Å². The standard InChI is InChI=1S/C13H13IN2O2/c14-12-8-16(7-11(12)6-15)13(17)18-9-10-4-2-1-3-5-10/h1-5,11-12H,7-9H2. The number of ether oxygens (including phenoxy) is 1. The van der Waals surface area contributed by atoms with Gasteiger partial charge in [0.1, 0.15) is 6.61 Å². The van der Waals surface area contributed by atoms with Crippen LogP contribution in [-0.4, -0.2) is 28.0 Å². The van der Waals surface area contributed by atoms with Crippen molar-refractivity contribution in [3.8, 4) is 6.07 Å². The highest BCUT2D eigenvalue weighted by Gasteiger charge is 2.34. The van der Waals surface area contributed by atoms with Gasteiger partial charge in [-0.3, -0.25) is 0 Å². The number of halogens is 1. The Morgan fingerprint density at radius 1 is 1.44 bits per heavy atom. The largest absolute Gasteiger partial charge is 0.445 e. The number of hydrogen-bond acceptors (Lipinski definition) is 3. The van der Waals surface area contributed by atoms with Gasteiger partial charge in [0.15, 0.2) is 0 Å². The van der Waals surface area contributed by atoms with Crippen molar-refractivity contribution in [2.45, 2.75) is 10.5 Å². The van der Waals surface area contributed by atoms with Gasteiger partial charge in [0, 0.05) is 17.0 Å². The smallest absolute Gasteiger partial charge is 0.410 e. The lowest BCUT2D eigenvalue weighted by atomic mass is 10.1. The van der Waals surface area contributed by atoms with Crippen LogP contribution in [0.5, 0.6) is 0 Å². The number of benzene rings is 1. The molecule has 94 valence electrons. The maximum absolute atomic E-state index is 11.8. The van der Waals surface area contributed by atoms with E-state index in [2.05, 4.69) is 28.7 Å². The van der Waals surface area contributed by atoms with Crippen LogP contribution in [0.3, 0.4) is 0 Å². The van der Waals surface area contributed by atoms with E-state index >= 15 is 0 Å². The van der Waals surface area contributed by atoms with Crippen LogP contribution in [0.25, 0.3) is 0 Å². The quantitative estimate of drug-likeness (QED) is 0.605. The Morgan fingerprint density at radius 3 is 2.78 bits per heavy atom. The third-order valence-corrected chi connectivity index (χ3v) is 4.14. The molecule has 0 aliphatic carbocycles. The second kappa shape index (κ2) is 6.05. The number of amides is 1. The Kier molecular flexibility index (Phi) is 4.42. The van der Waals surface area contributed by atoms with Crippen LogP contribution in [0.2, 0.25) is 0 Å². The van der Waals surface area contributed by atoms with Gasteiger partial charge in [0.25, 0.3) is 0 Å². The number of nitrogens with zero attached hydrogens (tertiary/aromatic N) is 2. The van der Waals surface area contributed by atoms with Crippen molar-refractivity contribution in [2.75, 3.05) is 13.1 Å². The first-order chi connectivity index (χ1) is 8.70. The molecule has 5 heteroatoms. The number of nitriles is 1. The van der Waals surface area contributed by atoms with Gasteiger partial charge in [-0.25, -0.2) is 4.79 Å². The Bertz CT molecular complexity index is 458. The van der Waals surface area contributed by atoms with Crippen molar-refractivity contribution < 1.29 is 9.53 Å². The first-order valence-electron chi connectivity index (χ1n) is 5.70. The number of likely N-dealkylation sites (tertiary alicyclic amines) is 1. The summed E-state index contributed by atoms with van der Waals surface area (Å²) in [6, 6.07) is 11.8. The molecule has 0 radical (unpaired) electrons. The van der Waals surface area contributed by atoms with Crippen LogP contribution in [-0.2, 0) is 11.3 Å². The zero-order valence-electron chi connectivity index (χ0n) is 9.75. The highest BCUT2D eigenvalue weighted by Crippen LogP contribution is 2.24. The highest BCUT2D eigenvalue weighted by atomic mass is 127. The summed E-state index contributed by atoms with van der Waals surface area (Å²) in [6.07, 6.45) is -0.335. The summed E-state index contributed by atoms with van der Waals surface area (Å²) in [6.45, 7) is 1.34. The van der Waals surface area contributed by atoms with Crippen molar-refractivity contribution in [3.63, 3.8) is 0 Å². The number of carbonyl (C=O) groups is 1. The lowest BCUT2D eigenvalue weighted by Gasteiger charge is -2.15. The summed E-state index contributed by atoms with van der Waals surface area (Å²) in [5, 5.41) is 8.91. The van der Waals surface area contributed by atoms with Crippen molar-refractivity contribution in [1.82, 2.24) is 4.90 Å². The predicted octanol–water partition coefficient (Wildman–Crippen LogP) is 2.58. The first-order valence-corrected chi connectivity index (χ1v) is 6.94. The van der Waals surface area contributed by atoms with Gasteiger partial charge in [-0.1, -0.05) is 52.9 Å². The van der Waals surface area contributed by atoms with Gasteiger partial charge in [-0.15, -0.1) is 0 Å². The molecule has 1 aromatic carbocycles. The van der Waals surface area contributed by atoms with Crippen molar-refractivity contribution in [2.24, 2.45) is 5.92 Å². The Hall–Kier alpha value is -1.29. The molecule has 0 bridgehead atoms. The fourth-order valence-corrected chi connectivity index (χ4v) is 2.71. The summed E-state index contributed by atoms with van der Waals surface area (Å²) < 4.78 is 5.42. The third-order valence-electron chi connectivity index (χ3n) is 2.88. The molecule has 18 heavy (non-hydrogen) atoms. The molecular formula is C13H13IN2O2. The molecule has 1 heterocycles. The number of rotatable bonds is 2. The number of hydrogen-bond donors (Lipinski definition) is 0. The van der Waals surface area contributed by atoms with E-state index in [0.29, 0.717) is 13.1 Å². The van der Waals surface area contributed by atoms with E-state index in [1.807, 2.05) is 30.3 Å². The van der Waals surface area contributed by atoms with E-state index in [4.69, 9.17) is 10.00 Å². The van der Waals surface area contributed by atoms with Crippen LogP contribution >= 0.6 is 22.6 Å². The van der Waals surface area contributed by atoms with E-state index < -0.39 is 0 Å². The van der Waals surface area contributed by atoms with Gasteiger partial charge in [-0.05, 0) is 5.56 Å².